The van der Waals surface area contributed by atoms with E-state index in [1.165, 1.54) is 6.08 Å². The molecule has 0 saturated carbocycles. The van der Waals surface area contributed by atoms with Crippen LogP contribution < -0.4 is 5.48 Å². The van der Waals surface area contributed by atoms with Crippen molar-refractivity contribution < 1.29 is 9.63 Å². The van der Waals surface area contributed by atoms with Crippen LogP contribution in [0.4, 0.5) is 0 Å². The maximum absolute atomic E-state index is 12.0. The summed E-state index contributed by atoms with van der Waals surface area (Å²) in [5, 5.41) is 5.28. The molecule has 1 heterocycles. The standard InChI is InChI=1S/C22H22ClN3O2/c1-16-20(12-13-22(27)25-28-15-18-8-4-3-5-9-18)17(2)26(24-16)14-19-10-6-7-11-21(19)23/h3-13H,14-15H2,1-2H3,(H,25,27)/b13-12+. The van der Waals surface area contributed by atoms with Gasteiger partial charge < -0.3 is 0 Å². The van der Waals surface area contributed by atoms with E-state index in [0.29, 0.717) is 18.2 Å². The number of carbonyl (C=O) groups is 1. The molecule has 28 heavy (non-hydrogen) atoms. The van der Waals surface area contributed by atoms with E-state index >= 15 is 0 Å². The van der Waals surface area contributed by atoms with Crippen LogP contribution in [0.15, 0.2) is 60.7 Å². The molecule has 6 heteroatoms. The molecule has 2 aromatic carbocycles. The molecule has 0 aliphatic carbocycles. The average Bonchev–Trinajstić information content (AvgIpc) is 2.96. The molecule has 0 spiro atoms. The van der Waals surface area contributed by atoms with Crippen molar-refractivity contribution in [3.05, 3.63) is 93.8 Å². The zero-order chi connectivity index (χ0) is 19.9. The van der Waals surface area contributed by atoms with Crippen molar-refractivity contribution in [2.24, 2.45) is 0 Å². The molecule has 0 aliphatic rings. The van der Waals surface area contributed by atoms with Gasteiger partial charge in [-0.3, -0.25) is 14.3 Å². The van der Waals surface area contributed by atoms with Crippen molar-refractivity contribution in [3.63, 3.8) is 0 Å². The number of aryl methyl sites for hydroxylation is 1. The molecule has 0 radical (unpaired) electrons. The highest BCUT2D eigenvalue weighted by atomic mass is 35.5. The number of hydrogen-bond donors (Lipinski definition) is 1. The highest BCUT2D eigenvalue weighted by molar-refractivity contribution is 6.31. The normalized spacial score (nSPS) is 11.1. The molecule has 1 amide bonds. The van der Waals surface area contributed by atoms with Gasteiger partial charge in [0.1, 0.15) is 0 Å². The van der Waals surface area contributed by atoms with E-state index in [4.69, 9.17) is 16.4 Å². The quantitative estimate of drug-likeness (QED) is 0.474. The fourth-order valence-corrected chi connectivity index (χ4v) is 3.05. The first-order valence-corrected chi connectivity index (χ1v) is 9.33. The van der Waals surface area contributed by atoms with Gasteiger partial charge in [0.2, 0.25) is 0 Å². The van der Waals surface area contributed by atoms with Crippen molar-refractivity contribution in [2.45, 2.75) is 27.0 Å². The second kappa shape index (κ2) is 9.35. The lowest BCUT2D eigenvalue weighted by Gasteiger charge is -2.06. The number of aromatic nitrogens is 2. The number of nitrogens with one attached hydrogen (secondary N) is 1. The van der Waals surface area contributed by atoms with Gasteiger partial charge in [-0.25, -0.2) is 5.48 Å². The van der Waals surface area contributed by atoms with Crippen molar-refractivity contribution >= 4 is 23.6 Å². The van der Waals surface area contributed by atoms with Crippen LogP contribution in [0.2, 0.25) is 5.02 Å². The predicted octanol–water partition coefficient (Wildman–Crippen LogP) is 4.46. The summed E-state index contributed by atoms with van der Waals surface area (Å²) in [5.41, 5.74) is 7.13. The third kappa shape index (κ3) is 5.09. The van der Waals surface area contributed by atoms with Crippen LogP contribution >= 0.6 is 11.6 Å². The molecule has 3 aromatic rings. The molecule has 1 N–H and O–H groups in total. The van der Waals surface area contributed by atoms with Gasteiger partial charge in [-0.05, 0) is 37.1 Å². The molecular weight excluding hydrogens is 374 g/mol. The fraction of sp³-hybridized carbons (Fsp3) is 0.182. The Morgan fingerprint density at radius 2 is 1.86 bits per heavy atom. The number of carbonyl (C=O) groups excluding carboxylic acids is 1. The highest BCUT2D eigenvalue weighted by Gasteiger charge is 2.11. The van der Waals surface area contributed by atoms with Crippen LogP contribution in [-0.4, -0.2) is 15.7 Å². The number of hydrogen-bond acceptors (Lipinski definition) is 3. The molecule has 3 rings (SSSR count). The lowest BCUT2D eigenvalue weighted by Crippen LogP contribution is -2.21. The van der Waals surface area contributed by atoms with Crippen LogP contribution in [-0.2, 0) is 22.8 Å². The number of nitrogens with zero attached hydrogens (tertiary/aromatic N) is 2. The second-order valence-electron chi connectivity index (χ2n) is 6.41. The number of amides is 1. The van der Waals surface area contributed by atoms with Gasteiger partial charge in [0, 0.05) is 22.4 Å². The minimum atomic E-state index is -0.325. The molecule has 0 unspecified atom stereocenters. The van der Waals surface area contributed by atoms with Crippen molar-refractivity contribution in [1.29, 1.82) is 0 Å². The molecular formula is C22H22ClN3O2. The minimum absolute atomic E-state index is 0.314. The molecule has 5 nitrogen and oxygen atoms in total. The SMILES string of the molecule is Cc1nn(Cc2ccccc2Cl)c(C)c1/C=C/C(=O)NOCc1ccccc1. The number of benzene rings is 2. The van der Waals surface area contributed by atoms with Crippen LogP contribution in [0.1, 0.15) is 28.1 Å². The summed E-state index contributed by atoms with van der Waals surface area (Å²) in [4.78, 5) is 17.2. The van der Waals surface area contributed by atoms with Gasteiger partial charge in [-0.15, -0.1) is 0 Å². The van der Waals surface area contributed by atoms with Gasteiger partial charge in [-0.2, -0.15) is 5.10 Å². The number of rotatable bonds is 7. The van der Waals surface area contributed by atoms with Gasteiger partial charge in [0.05, 0.1) is 18.8 Å². The molecule has 0 saturated heterocycles. The Labute approximate surface area is 169 Å². The van der Waals surface area contributed by atoms with Gasteiger partial charge in [0.15, 0.2) is 0 Å². The highest BCUT2D eigenvalue weighted by Crippen LogP contribution is 2.20. The Bertz CT molecular complexity index is 981. The Hall–Kier alpha value is -2.89. The summed E-state index contributed by atoms with van der Waals surface area (Å²) in [6.45, 7) is 4.78. The summed E-state index contributed by atoms with van der Waals surface area (Å²) >= 11 is 6.25. The maximum Gasteiger partial charge on any atom is 0.267 e. The van der Waals surface area contributed by atoms with Crippen molar-refractivity contribution in [3.8, 4) is 0 Å². The zero-order valence-electron chi connectivity index (χ0n) is 15.9. The fourth-order valence-electron chi connectivity index (χ4n) is 2.85. The topological polar surface area (TPSA) is 56.2 Å². The van der Waals surface area contributed by atoms with Gasteiger partial charge in [-0.1, -0.05) is 60.1 Å². The van der Waals surface area contributed by atoms with E-state index in [0.717, 1.165) is 28.1 Å². The lowest BCUT2D eigenvalue weighted by molar-refractivity contribution is -0.129. The average molecular weight is 396 g/mol. The van der Waals surface area contributed by atoms with E-state index in [9.17, 15) is 4.79 Å². The van der Waals surface area contributed by atoms with E-state index in [1.54, 1.807) is 6.08 Å². The smallest absolute Gasteiger partial charge is 0.267 e. The van der Waals surface area contributed by atoms with Crippen LogP contribution in [0, 0.1) is 13.8 Å². The zero-order valence-corrected chi connectivity index (χ0v) is 16.6. The van der Waals surface area contributed by atoms with Crippen LogP contribution in [0.25, 0.3) is 6.08 Å². The molecule has 144 valence electrons. The Morgan fingerprint density at radius 1 is 1.14 bits per heavy atom. The van der Waals surface area contributed by atoms with E-state index in [1.807, 2.05) is 73.1 Å². The first-order valence-electron chi connectivity index (χ1n) is 8.96. The third-order valence-corrected chi connectivity index (χ3v) is 4.74. The van der Waals surface area contributed by atoms with Gasteiger partial charge >= 0.3 is 0 Å². The summed E-state index contributed by atoms with van der Waals surface area (Å²) in [6.07, 6.45) is 3.20. The monoisotopic (exact) mass is 395 g/mol. The predicted molar refractivity (Wildman–Crippen MR) is 111 cm³/mol. The second-order valence-corrected chi connectivity index (χ2v) is 6.81. The summed E-state index contributed by atoms with van der Waals surface area (Å²) < 4.78 is 1.89. The summed E-state index contributed by atoms with van der Waals surface area (Å²) in [6, 6.07) is 17.3. The van der Waals surface area contributed by atoms with Crippen molar-refractivity contribution in [1.82, 2.24) is 15.3 Å². The summed E-state index contributed by atoms with van der Waals surface area (Å²) in [5.74, 6) is -0.325. The largest absolute Gasteiger partial charge is 0.269 e. The Balaban J connectivity index is 1.61. The molecule has 0 atom stereocenters. The van der Waals surface area contributed by atoms with Gasteiger partial charge in [0.25, 0.3) is 5.91 Å². The van der Waals surface area contributed by atoms with E-state index in [-0.39, 0.29) is 5.91 Å². The van der Waals surface area contributed by atoms with Crippen LogP contribution in [0.5, 0.6) is 0 Å². The molecule has 0 aliphatic heterocycles. The minimum Gasteiger partial charge on any atom is -0.269 e. The molecule has 1 aromatic heterocycles. The van der Waals surface area contributed by atoms with Crippen LogP contribution in [0.3, 0.4) is 0 Å². The third-order valence-electron chi connectivity index (χ3n) is 4.37. The Morgan fingerprint density at radius 3 is 2.61 bits per heavy atom. The number of halogens is 1. The Kier molecular flexibility index (Phi) is 6.63. The molecule has 0 bridgehead atoms. The number of hydroxylamine groups is 1. The maximum atomic E-state index is 12.0. The lowest BCUT2D eigenvalue weighted by atomic mass is 10.1. The molecule has 0 fully saturated rings. The first-order chi connectivity index (χ1) is 13.5. The van der Waals surface area contributed by atoms with E-state index in [2.05, 4.69) is 10.6 Å². The van der Waals surface area contributed by atoms with Crippen molar-refractivity contribution in [2.75, 3.05) is 0 Å². The first kappa shape index (κ1) is 19.9. The van der Waals surface area contributed by atoms with E-state index < -0.39 is 0 Å². The summed E-state index contributed by atoms with van der Waals surface area (Å²) in [7, 11) is 0.